The van der Waals surface area contributed by atoms with E-state index in [9.17, 15) is 4.79 Å². The molecule has 0 N–H and O–H groups in total. The number of carbonyl (C=O) groups excluding carboxylic acids is 1. The van der Waals surface area contributed by atoms with Crippen LogP contribution in [-0.2, 0) is 28.5 Å². The molecule has 35 heavy (non-hydrogen) atoms. The van der Waals surface area contributed by atoms with Crippen LogP contribution in [0.2, 0.25) is 0 Å². The van der Waals surface area contributed by atoms with Crippen molar-refractivity contribution < 1.29 is 86.7 Å². The molecule has 3 saturated heterocycles. The molecule has 0 aliphatic carbocycles. The SMILES string of the molecule is CCC1O[C@@H](O[C@@H]2C(C(C)=O)O[C@@H](O[C@@H]3C(CC)O[C@H](C)[CH-][C@H]3C)C(C)[C@H]2C)C(C)[C@@H](C)[C@@H]1C.[Rb+]. The topological polar surface area (TPSA) is 63.2 Å². The Bertz CT molecular complexity index is 674. The molecule has 0 aromatic carbocycles. The van der Waals surface area contributed by atoms with Crippen LogP contribution >= 0.6 is 0 Å². The molecule has 3 aliphatic rings. The number of hydrogen-bond donors (Lipinski definition) is 0. The third-order valence-electron chi connectivity index (χ3n) is 8.98. The zero-order valence-corrected chi connectivity index (χ0v) is 28.9. The predicted molar refractivity (Wildman–Crippen MR) is 132 cm³/mol. The second-order valence-electron chi connectivity index (χ2n) is 11.3. The molecule has 3 heterocycles. The molecular weight excluding hydrogens is 518 g/mol. The minimum absolute atomic E-state index is 0. The van der Waals surface area contributed by atoms with Gasteiger partial charge in [-0.05, 0) is 37.5 Å². The van der Waals surface area contributed by atoms with E-state index < -0.39 is 12.4 Å². The van der Waals surface area contributed by atoms with Crippen LogP contribution in [0.3, 0.4) is 0 Å². The van der Waals surface area contributed by atoms with Gasteiger partial charge >= 0.3 is 58.2 Å². The quantitative estimate of drug-likeness (QED) is 0.441. The normalized spacial score (nSPS) is 48.7. The van der Waals surface area contributed by atoms with Crippen molar-refractivity contribution in [2.24, 2.45) is 35.5 Å². The first kappa shape index (κ1) is 32.5. The summed E-state index contributed by atoms with van der Waals surface area (Å²) in [5.41, 5.74) is 0. The summed E-state index contributed by atoms with van der Waals surface area (Å²) in [5, 5.41) is 0. The monoisotopic (exact) mass is 566 g/mol. The van der Waals surface area contributed by atoms with E-state index in [1.165, 1.54) is 0 Å². The molecule has 0 saturated carbocycles. The Hall–Kier alpha value is 1.28. The van der Waals surface area contributed by atoms with E-state index in [1.54, 1.807) is 6.92 Å². The minimum Gasteiger partial charge on any atom is -0.404 e. The number of Topliss-reactive ketones (excluding diaryl/α,β-unsaturated/α-hetero) is 1. The summed E-state index contributed by atoms with van der Waals surface area (Å²) < 4.78 is 32.1. The molecule has 0 radical (unpaired) electrons. The van der Waals surface area contributed by atoms with Gasteiger partial charge < -0.3 is 23.7 Å². The minimum atomic E-state index is -0.676. The summed E-state index contributed by atoms with van der Waals surface area (Å²) in [4.78, 5) is 12.8. The summed E-state index contributed by atoms with van der Waals surface area (Å²) in [6, 6.07) is 0. The third kappa shape index (κ3) is 7.27. The number of ether oxygens (including phenoxy) is 5. The second-order valence-corrected chi connectivity index (χ2v) is 11.3. The van der Waals surface area contributed by atoms with Crippen LogP contribution in [0, 0.1) is 41.9 Å². The zero-order valence-electron chi connectivity index (χ0n) is 24.0. The van der Waals surface area contributed by atoms with Gasteiger partial charge in [0.2, 0.25) is 0 Å². The van der Waals surface area contributed by atoms with Gasteiger partial charge in [0.25, 0.3) is 0 Å². The van der Waals surface area contributed by atoms with E-state index in [0.29, 0.717) is 11.8 Å². The van der Waals surface area contributed by atoms with Crippen molar-refractivity contribution in [3.05, 3.63) is 6.42 Å². The molecule has 0 aromatic heterocycles. The summed E-state index contributed by atoms with van der Waals surface area (Å²) in [5.74, 6) is 1.54. The van der Waals surface area contributed by atoms with Crippen molar-refractivity contribution in [2.45, 2.75) is 131 Å². The number of hydrogen-bond acceptors (Lipinski definition) is 6. The third-order valence-corrected chi connectivity index (χ3v) is 8.98. The predicted octanol–water partition coefficient (Wildman–Crippen LogP) is 2.43. The maximum Gasteiger partial charge on any atom is 1.00 e. The Morgan fingerprint density at radius 2 is 1.26 bits per heavy atom. The van der Waals surface area contributed by atoms with Gasteiger partial charge in [0.15, 0.2) is 18.4 Å². The molecule has 3 fully saturated rings. The van der Waals surface area contributed by atoms with E-state index in [1.807, 2.05) is 0 Å². The molecule has 198 valence electrons. The van der Waals surface area contributed by atoms with Gasteiger partial charge in [-0.3, -0.25) is 11.2 Å². The molecular formula is C28H49O6Rb. The average molecular weight is 567 g/mol. The van der Waals surface area contributed by atoms with E-state index in [-0.39, 0.29) is 124 Å². The van der Waals surface area contributed by atoms with Crippen LogP contribution < -0.4 is 58.2 Å². The molecule has 0 aromatic rings. The second kappa shape index (κ2) is 14.1. The fourth-order valence-corrected chi connectivity index (χ4v) is 6.08. The Morgan fingerprint density at radius 3 is 1.83 bits per heavy atom. The largest absolute Gasteiger partial charge is 1.00 e. The average Bonchev–Trinajstić information content (AvgIpc) is 2.79. The van der Waals surface area contributed by atoms with Gasteiger partial charge in [0.1, 0.15) is 6.10 Å². The molecule has 0 bridgehead atoms. The van der Waals surface area contributed by atoms with E-state index >= 15 is 0 Å². The number of rotatable bonds is 7. The summed E-state index contributed by atoms with van der Waals surface area (Å²) in [6.45, 7) is 21.1. The molecule has 0 amide bonds. The first-order chi connectivity index (χ1) is 16.0. The van der Waals surface area contributed by atoms with Gasteiger partial charge in [-0.1, -0.05) is 68.4 Å². The van der Waals surface area contributed by atoms with E-state index in [2.05, 4.69) is 68.7 Å². The molecule has 14 atom stereocenters. The Morgan fingerprint density at radius 1 is 0.714 bits per heavy atom. The number of carbonyl (C=O) groups is 1. The van der Waals surface area contributed by atoms with E-state index in [4.69, 9.17) is 23.7 Å². The summed E-state index contributed by atoms with van der Waals surface area (Å²) >= 11 is 0. The van der Waals surface area contributed by atoms with Gasteiger partial charge in [-0.15, -0.1) is 5.92 Å². The van der Waals surface area contributed by atoms with Gasteiger partial charge in [0, 0.05) is 11.8 Å². The molecule has 3 aliphatic heterocycles. The standard InChI is InChI=1S/C28H49O6.Rb/c1-11-22-17(6)16(5)19(8)27(31-22)33-25-18(7)20(9)28(34-26(25)21(10)29)32-24-14(3)13-15(4)30-23(24)12-2;/h13-20,22-28H,11-12H2,1-10H3;/q-1;+1/t14-,15-,16+,17+,18-,19?,20?,22?,23?,24+,25+,26?,27+,28-;/m1./s1. The maximum atomic E-state index is 12.8. The van der Waals surface area contributed by atoms with E-state index in [0.717, 1.165) is 12.8 Å². The van der Waals surface area contributed by atoms with Crippen molar-refractivity contribution >= 4 is 5.78 Å². The van der Waals surface area contributed by atoms with Crippen LogP contribution in [0.25, 0.3) is 0 Å². The molecule has 3 rings (SSSR count). The Labute approximate surface area is 263 Å². The molecule has 6 nitrogen and oxygen atoms in total. The van der Waals surface area contributed by atoms with Crippen LogP contribution in [-0.4, -0.2) is 55.0 Å². The van der Waals surface area contributed by atoms with Crippen molar-refractivity contribution in [2.75, 3.05) is 0 Å². The fraction of sp³-hybridized carbons (Fsp3) is 0.929. The van der Waals surface area contributed by atoms with Crippen LogP contribution in [0.1, 0.15) is 82.1 Å². The van der Waals surface area contributed by atoms with Crippen LogP contribution in [0.15, 0.2) is 0 Å². The molecule has 5 unspecified atom stereocenters. The molecule has 0 spiro atoms. The smallest absolute Gasteiger partial charge is 0.404 e. The first-order valence-electron chi connectivity index (χ1n) is 13.6. The van der Waals surface area contributed by atoms with Gasteiger partial charge in [-0.2, -0.15) is 0 Å². The van der Waals surface area contributed by atoms with Crippen molar-refractivity contribution in [1.29, 1.82) is 0 Å². The molecule has 7 heteroatoms. The van der Waals surface area contributed by atoms with Crippen LogP contribution in [0.4, 0.5) is 0 Å². The van der Waals surface area contributed by atoms with Crippen LogP contribution in [0.5, 0.6) is 0 Å². The summed E-state index contributed by atoms with van der Waals surface area (Å²) in [7, 11) is 0. The maximum absolute atomic E-state index is 12.8. The number of ketones is 1. The van der Waals surface area contributed by atoms with Crippen molar-refractivity contribution in [3.63, 3.8) is 0 Å². The first-order valence-corrected chi connectivity index (χ1v) is 13.6. The fourth-order valence-electron chi connectivity index (χ4n) is 6.08. The Balaban J connectivity index is 0.00000432. The summed E-state index contributed by atoms with van der Waals surface area (Å²) in [6.07, 6.45) is 2.33. The van der Waals surface area contributed by atoms with Crippen molar-refractivity contribution in [1.82, 2.24) is 0 Å². The zero-order chi connectivity index (χ0) is 25.3. The van der Waals surface area contributed by atoms with Gasteiger partial charge in [0.05, 0.1) is 24.4 Å². The van der Waals surface area contributed by atoms with Gasteiger partial charge in [-0.25, -0.2) is 0 Å². The Kier molecular flexibility index (Phi) is 13.1. The van der Waals surface area contributed by atoms with Crippen molar-refractivity contribution in [3.8, 4) is 0 Å².